The van der Waals surface area contributed by atoms with Crippen LogP contribution < -0.4 is 10.6 Å². The molecule has 1 aliphatic heterocycles. The summed E-state index contributed by atoms with van der Waals surface area (Å²) >= 11 is 0. The van der Waals surface area contributed by atoms with Crippen molar-refractivity contribution < 1.29 is 24.2 Å². The van der Waals surface area contributed by atoms with Gasteiger partial charge in [-0.15, -0.1) is 0 Å². The minimum absolute atomic E-state index is 0.183. The lowest BCUT2D eigenvalue weighted by Crippen LogP contribution is -2.50. The topological polar surface area (TPSA) is 108 Å². The molecule has 0 saturated carbocycles. The molecule has 0 unspecified atom stereocenters. The smallest absolute Gasteiger partial charge is 0.411 e. The maximum absolute atomic E-state index is 12.5. The lowest BCUT2D eigenvalue weighted by Gasteiger charge is -2.27. The van der Waals surface area contributed by atoms with E-state index in [-0.39, 0.29) is 24.3 Å². The van der Waals surface area contributed by atoms with Gasteiger partial charge in [0.2, 0.25) is 5.91 Å². The van der Waals surface area contributed by atoms with Gasteiger partial charge in [-0.25, -0.2) is 9.59 Å². The number of rotatable bonds is 8. The Balaban J connectivity index is 1.96. The fourth-order valence-electron chi connectivity index (χ4n) is 3.03. The number of aliphatic carboxylic acids is 1. The first-order chi connectivity index (χ1) is 13.3. The van der Waals surface area contributed by atoms with Gasteiger partial charge in [-0.2, -0.15) is 0 Å². The van der Waals surface area contributed by atoms with Crippen molar-refractivity contribution >= 4 is 23.7 Å². The van der Waals surface area contributed by atoms with E-state index < -0.39 is 18.1 Å². The fraction of sp³-hybridized carbons (Fsp3) is 0.550. The van der Waals surface area contributed by atoms with Gasteiger partial charge in [0.1, 0.15) is 6.04 Å². The highest BCUT2D eigenvalue weighted by atomic mass is 16.5. The molecule has 2 rings (SSSR count). The van der Waals surface area contributed by atoms with Crippen LogP contribution in [0.15, 0.2) is 24.3 Å². The van der Waals surface area contributed by atoms with Crippen LogP contribution in [0.1, 0.15) is 32.3 Å². The number of carbonyl (C=O) groups excluding carboxylic acids is 2. The van der Waals surface area contributed by atoms with Crippen molar-refractivity contribution in [1.29, 1.82) is 0 Å². The van der Waals surface area contributed by atoms with E-state index in [4.69, 9.17) is 4.74 Å². The quantitative estimate of drug-likeness (QED) is 0.626. The molecule has 8 nitrogen and oxygen atoms in total. The van der Waals surface area contributed by atoms with Crippen LogP contribution in [0.4, 0.5) is 10.5 Å². The molecule has 28 heavy (non-hydrogen) atoms. The molecule has 3 N–H and O–H groups in total. The standard InChI is InChI=1S/C20H29N3O5/c1-13(2)12-28-20(27)22-15-8-6-14(7-9-15)11-17(19(25)26)23(3)18(24)16-5-4-10-21-16/h6-9,13,16-17,21H,4-5,10-12H2,1-3H3,(H,22,27)(H,25,26)/t16-,17-/m0/s1. The zero-order chi connectivity index (χ0) is 20.7. The van der Waals surface area contributed by atoms with Gasteiger partial charge in [0, 0.05) is 19.2 Å². The second-order valence-corrected chi connectivity index (χ2v) is 7.47. The molecule has 8 heteroatoms. The molecule has 154 valence electrons. The average Bonchev–Trinajstić information content (AvgIpc) is 3.19. The summed E-state index contributed by atoms with van der Waals surface area (Å²) in [6, 6.07) is 5.58. The first-order valence-corrected chi connectivity index (χ1v) is 9.53. The molecule has 0 aliphatic carbocycles. The first-order valence-electron chi connectivity index (χ1n) is 9.53. The summed E-state index contributed by atoms with van der Waals surface area (Å²) in [6.45, 7) is 5.01. The third kappa shape index (κ3) is 6.23. The van der Waals surface area contributed by atoms with Crippen molar-refractivity contribution in [3.05, 3.63) is 29.8 Å². The predicted molar refractivity (Wildman–Crippen MR) is 105 cm³/mol. The summed E-state index contributed by atoms with van der Waals surface area (Å²) in [7, 11) is 1.53. The molecular weight excluding hydrogens is 362 g/mol. The normalized spacial score (nSPS) is 17.2. The van der Waals surface area contributed by atoms with E-state index in [1.165, 1.54) is 11.9 Å². The maximum atomic E-state index is 12.5. The van der Waals surface area contributed by atoms with Crippen LogP contribution in [0.5, 0.6) is 0 Å². The number of hydrogen-bond acceptors (Lipinski definition) is 5. The van der Waals surface area contributed by atoms with Gasteiger partial charge in [-0.05, 0) is 43.0 Å². The average molecular weight is 391 g/mol. The number of nitrogens with zero attached hydrogens (tertiary/aromatic N) is 1. The largest absolute Gasteiger partial charge is 0.480 e. The van der Waals surface area contributed by atoms with E-state index in [1.54, 1.807) is 24.3 Å². The Labute approximate surface area is 165 Å². The van der Waals surface area contributed by atoms with E-state index in [1.807, 2.05) is 13.8 Å². The number of hydrogen-bond donors (Lipinski definition) is 3. The van der Waals surface area contributed by atoms with Gasteiger partial charge >= 0.3 is 12.1 Å². The minimum atomic E-state index is -1.05. The Bertz CT molecular complexity index is 684. The van der Waals surface area contributed by atoms with Crippen LogP contribution in [0, 0.1) is 5.92 Å². The Kier molecular flexibility index (Phi) is 7.80. The number of anilines is 1. The molecule has 2 amide bonds. The van der Waals surface area contributed by atoms with Crippen molar-refractivity contribution in [2.75, 3.05) is 25.5 Å². The molecule has 1 saturated heterocycles. The zero-order valence-corrected chi connectivity index (χ0v) is 16.6. The number of likely N-dealkylation sites (N-methyl/N-ethyl adjacent to an activating group) is 1. The Morgan fingerprint density at radius 3 is 2.50 bits per heavy atom. The van der Waals surface area contributed by atoms with Crippen LogP contribution in [0.2, 0.25) is 0 Å². The summed E-state index contributed by atoms with van der Waals surface area (Å²) in [6.07, 6.45) is 1.29. The Morgan fingerprint density at radius 2 is 1.96 bits per heavy atom. The Hall–Kier alpha value is -2.61. The summed E-state index contributed by atoms with van der Waals surface area (Å²) in [5.74, 6) is -0.996. The van der Waals surface area contributed by atoms with Crippen LogP contribution in [0.3, 0.4) is 0 Å². The lowest BCUT2D eigenvalue weighted by molar-refractivity contribution is -0.149. The molecule has 0 spiro atoms. The van der Waals surface area contributed by atoms with Gasteiger partial charge in [0.15, 0.2) is 0 Å². The highest BCUT2D eigenvalue weighted by Gasteiger charge is 2.32. The van der Waals surface area contributed by atoms with E-state index in [2.05, 4.69) is 10.6 Å². The van der Waals surface area contributed by atoms with E-state index in [0.29, 0.717) is 12.3 Å². The highest BCUT2D eigenvalue weighted by molar-refractivity contribution is 5.87. The summed E-state index contributed by atoms with van der Waals surface area (Å²) in [5, 5.41) is 15.3. The van der Waals surface area contributed by atoms with Crippen molar-refractivity contribution in [2.24, 2.45) is 5.92 Å². The highest BCUT2D eigenvalue weighted by Crippen LogP contribution is 2.16. The Morgan fingerprint density at radius 1 is 1.29 bits per heavy atom. The molecule has 0 bridgehead atoms. The van der Waals surface area contributed by atoms with E-state index in [9.17, 15) is 19.5 Å². The maximum Gasteiger partial charge on any atom is 0.411 e. The van der Waals surface area contributed by atoms with Crippen LogP contribution in [-0.2, 0) is 20.7 Å². The molecule has 1 fully saturated rings. The van der Waals surface area contributed by atoms with Crippen LogP contribution in [-0.4, -0.2) is 60.3 Å². The number of nitrogens with one attached hydrogen (secondary N) is 2. The predicted octanol–water partition coefficient (Wildman–Crippen LogP) is 2.10. The number of benzene rings is 1. The second-order valence-electron chi connectivity index (χ2n) is 7.47. The lowest BCUT2D eigenvalue weighted by atomic mass is 10.0. The van der Waals surface area contributed by atoms with Gasteiger partial charge in [0.25, 0.3) is 0 Å². The molecule has 0 aromatic heterocycles. The summed E-state index contributed by atoms with van der Waals surface area (Å²) < 4.78 is 5.06. The zero-order valence-electron chi connectivity index (χ0n) is 16.6. The van der Waals surface area contributed by atoms with Crippen molar-refractivity contribution in [3.63, 3.8) is 0 Å². The number of carbonyl (C=O) groups is 3. The molecule has 1 heterocycles. The van der Waals surface area contributed by atoms with Gasteiger partial charge in [-0.3, -0.25) is 10.1 Å². The number of amides is 2. The molecule has 2 atom stereocenters. The number of ether oxygens (including phenoxy) is 1. The SMILES string of the molecule is CC(C)COC(=O)Nc1ccc(C[C@@H](C(=O)O)N(C)C(=O)[C@@H]2CCCN2)cc1. The molecule has 0 radical (unpaired) electrons. The monoisotopic (exact) mass is 391 g/mol. The minimum Gasteiger partial charge on any atom is -0.480 e. The summed E-state index contributed by atoms with van der Waals surface area (Å²) in [4.78, 5) is 37.2. The van der Waals surface area contributed by atoms with E-state index in [0.717, 1.165) is 24.9 Å². The van der Waals surface area contributed by atoms with Crippen LogP contribution in [0.25, 0.3) is 0 Å². The van der Waals surface area contributed by atoms with Crippen molar-refractivity contribution in [2.45, 2.75) is 45.2 Å². The molecule has 1 aromatic rings. The molecule has 1 aliphatic rings. The molecule has 1 aromatic carbocycles. The van der Waals surface area contributed by atoms with Crippen LogP contribution >= 0.6 is 0 Å². The van der Waals surface area contributed by atoms with Gasteiger partial charge in [-0.1, -0.05) is 26.0 Å². The van der Waals surface area contributed by atoms with E-state index >= 15 is 0 Å². The van der Waals surface area contributed by atoms with Gasteiger partial charge < -0.3 is 20.1 Å². The second kappa shape index (κ2) is 10.1. The first kappa shape index (κ1) is 21.7. The summed E-state index contributed by atoms with van der Waals surface area (Å²) in [5.41, 5.74) is 1.32. The third-order valence-electron chi connectivity index (χ3n) is 4.64. The van der Waals surface area contributed by atoms with Gasteiger partial charge in [0.05, 0.1) is 12.6 Å². The van der Waals surface area contributed by atoms with Crippen molar-refractivity contribution in [3.8, 4) is 0 Å². The third-order valence-corrected chi connectivity index (χ3v) is 4.64. The molecular formula is C20H29N3O5. The number of carboxylic acid groups (broad SMARTS) is 1. The van der Waals surface area contributed by atoms with Crippen molar-refractivity contribution in [1.82, 2.24) is 10.2 Å². The number of carboxylic acids is 1. The fourth-order valence-corrected chi connectivity index (χ4v) is 3.03.